The Morgan fingerprint density at radius 3 is 2.50 bits per heavy atom. The molecular formula is C10H7F3N2O2S. The standard InChI is InChI=1S/C10H7F3N2O2S/c11-6-3-7(12)9-10(8(6)13)18(16,17)14-4-15(9)5-1-2-5/h3-5H,1-2H2. The van der Waals surface area contributed by atoms with Gasteiger partial charge in [0.05, 0.1) is 0 Å². The highest BCUT2D eigenvalue weighted by Crippen LogP contribution is 2.40. The second-order valence-electron chi connectivity index (χ2n) is 4.17. The zero-order valence-electron chi connectivity index (χ0n) is 8.90. The largest absolute Gasteiger partial charge is 0.325 e. The monoisotopic (exact) mass is 276 g/mol. The molecule has 0 unspecified atom stereocenters. The van der Waals surface area contributed by atoms with Gasteiger partial charge in [-0.2, -0.15) is 8.42 Å². The van der Waals surface area contributed by atoms with Crippen molar-refractivity contribution in [3.05, 3.63) is 23.5 Å². The van der Waals surface area contributed by atoms with E-state index in [1.807, 2.05) is 0 Å². The number of rotatable bonds is 1. The molecule has 1 saturated carbocycles. The fraction of sp³-hybridized carbons (Fsp3) is 0.300. The maximum Gasteiger partial charge on any atom is 0.288 e. The van der Waals surface area contributed by atoms with Crippen molar-refractivity contribution in [2.24, 2.45) is 4.40 Å². The highest BCUT2D eigenvalue weighted by molar-refractivity contribution is 7.90. The predicted molar refractivity (Wildman–Crippen MR) is 57.5 cm³/mol. The summed E-state index contributed by atoms with van der Waals surface area (Å²) in [6, 6.07) is 0.237. The summed E-state index contributed by atoms with van der Waals surface area (Å²) in [7, 11) is -4.38. The minimum atomic E-state index is -4.38. The quantitative estimate of drug-likeness (QED) is 0.735. The van der Waals surface area contributed by atoms with Crippen molar-refractivity contribution in [3.8, 4) is 0 Å². The molecule has 0 spiro atoms. The summed E-state index contributed by atoms with van der Waals surface area (Å²) in [6.07, 6.45) is 2.41. The molecule has 0 radical (unpaired) electrons. The Bertz CT molecular complexity index is 668. The Labute approximate surface area is 101 Å². The number of nitrogens with zero attached hydrogens (tertiary/aromatic N) is 2. The highest BCUT2D eigenvalue weighted by atomic mass is 32.2. The smallest absolute Gasteiger partial charge is 0.288 e. The van der Waals surface area contributed by atoms with Crippen LogP contribution in [0.4, 0.5) is 18.9 Å². The summed E-state index contributed by atoms with van der Waals surface area (Å²) >= 11 is 0. The molecule has 1 aliphatic heterocycles. The molecule has 96 valence electrons. The summed E-state index contributed by atoms with van der Waals surface area (Å²) in [4.78, 5) is 0.225. The van der Waals surface area contributed by atoms with Crippen LogP contribution in [0.2, 0.25) is 0 Å². The Morgan fingerprint density at radius 1 is 1.22 bits per heavy atom. The van der Waals surface area contributed by atoms with Crippen LogP contribution in [0.25, 0.3) is 0 Å². The molecule has 0 saturated heterocycles. The number of sulfonamides is 1. The van der Waals surface area contributed by atoms with Gasteiger partial charge in [-0.25, -0.2) is 13.2 Å². The lowest BCUT2D eigenvalue weighted by Gasteiger charge is -2.25. The Morgan fingerprint density at radius 2 is 1.89 bits per heavy atom. The molecule has 1 aliphatic carbocycles. The number of fused-ring (bicyclic) bond motifs is 1. The molecule has 0 bridgehead atoms. The van der Waals surface area contributed by atoms with Gasteiger partial charge in [0.15, 0.2) is 22.3 Å². The van der Waals surface area contributed by atoms with Crippen molar-refractivity contribution in [1.29, 1.82) is 0 Å². The molecule has 2 aliphatic rings. The highest BCUT2D eigenvalue weighted by Gasteiger charge is 2.39. The first-order valence-electron chi connectivity index (χ1n) is 5.18. The fourth-order valence-corrected chi connectivity index (χ4v) is 3.00. The van der Waals surface area contributed by atoms with E-state index in [4.69, 9.17) is 0 Å². The van der Waals surface area contributed by atoms with Crippen LogP contribution in [-0.4, -0.2) is 20.8 Å². The van der Waals surface area contributed by atoms with Crippen molar-refractivity contribution in [3.63, 3.8) is 0 Å². The van der Waals surface area contributed by atoms with E-state index in [9.17, 15) is 21.6 Å². The zero-order chi connectivity index (χ0) is 13.1. The van der Waals surface area contributed by atoms with Crippen molar-refractivity contribution < 1.29 is 21.6 Å². The van der Waals surface area contributed by atoms with Gasteiger partial charge in [0.25, 0.3) is 10.0 Å². The van der Waals surface area contributed by atoms with Crippen LogP contribution in [-0.2, 0) is 10.0 Å². The minimum Gasteiger partial charge on any atom is -0.325 e. The van der Waals surface area contributed by atoms with Crippen molar-refractivity contribution in [2.75, 3.05) is 4.90 Å². The first kappa shape index (κ1) is 11.5. The van der Waals surface area contributed by atoms with Gasteiger partial charge in [-0.05, 0) is 12.8 Å². The number of hydrogen-bond acceptors (Lipinski definition) is 3. The molecule has 1 aromatic carbocycles. The molecular weight excluding hydrogens is 269 g/mol. The zero-order valence-corrected chi connectivity index (χ0v) is 9.72. The molecule has 18 heavy (non-hydrogen) atoms. The maximum atomic E-state index is 13.7. The second kappa shape index (κ2) is 3.47. The Balaban J connectivity index is 2.35. The first-order chi connectivity index (χ1) is 8.42. The third-order valence-electron chi connectivity index (χ3n) is 2.87. The van der Waals surface area contributed by atoms with Gasteiger partial charge in [0, 0.05) is 12.1 Å². The summed E-state index contributed by atoms with van der Waals surface area (Å²) in [6.45, 7) is 0. The third kappa shape index (κ3) is 1.52. The van der Waals surface area contributed by atoms with Crippen LogP contribution in [0.5, 0.6) is 0 Å². The molecule has 0 N–H and O–H groups in total. The molecule has 4 nitrogen and oxygen atoms in total. The lowest BCUT2D eigenvalue weighted by molar-refractivity contribution is 0.470. The minimum absolute atomic E-state index is 0.109. The van der Waals surface area contributed by atoms with Gasteiger partial charge in [-0.1, -0.05) is 0 Å². The molecule has 1 aromatic rings. The van der Waals surface area contributed by atoms with E-state index in [0.717, 1.165) is 19.2 Å². The van der Waals surface area contributed by atoms with E-state index in [1.54, 1.807) is 0 Å². The average molecular weight is 276 g/mol. The molecule has 0 atom stereocenters. The van der Waals surface area contributed by atoms with Crippen LogP contribution in [0.1, 0.15) is 12.8 Å². The van der Waals surface area contributed by atoms with Crippen molar-refractivity contribution in [2.45, 2.75) is 23.8 Å². The third-order valence-corrected chi connectivity index (χ3v) is 4.13. The van der Waals surface area contributed by atoms with Gasteiger partial charge in [0.1, 0.15) is 12.0 Å². The van der Waals surface area contributed by atoms with E-state index in [1.165, 1.54) is 4.90 Å². The van der Waals surface area contributed by atoms with Gasteiger partial charge >= 0.3 is 0 Å². The van der Waals surface area contributed by atoms with E-state index >= 15 is 0 Å². The van der Waals surface area contributed by atoms with Gasteiger partial charge in [-0.3, -0.25) is 0 Å². The number of halogens is 3. The lowest BCUT2D eigenvalue weighted by Crippen LogP contribution is -2.31. The van der Waals surface area contributed by atoms with E-state index in [0.29, 0.717) is 6.07 Å². The number of benzene rings is 1. The Hall–Kier alpha value is -1.57. The maximum absolute atomic E-state index is 13.7. The van der Waals surface area contributed by atoms with Crippen LogP contribution in [0.15, 0.2) is 15.4 Å². The molecule has 1 fully saturated rings. The number of hydrogen-bond donors (Lipinski definition) is 0. The normalized spacial score (nSPS) is 20.9. The average Bonchev–Trinajstić information content (AvgIpc) is 3.08. The summed E-state index contributed by atoms with van der Waals surface area (Å²) < 4.78 is 66.8. The van der Waals surface area contributed by atoms with Crippen LogP contribution >= 0.6 is 0 Å². The Kier molecular flexibility index (Phi) is 2.22. The first-order valence-corrected chi connectivity index (χ1v) is 6.62. The van der Waals surface area contributed by atoms with Crippen LogP contribution in [0, 0.1) is 17.5 Å². The lowest BCUT2D eigenvalue weighted by atomic mass is 10.2. The van der Waals surface area contributed by atoms with E-state index < -0.39 is 38.1 Å². The molecule has 1 heterocycles. The van der Waals surface area contributed by atoms with Crippen molar-refractivity contribution in [1.82, 2.24) is 0 Å². The predicted octanol–water partition coefficient (Wildman–Crippen LogP) is 1.80. The number of anilines is 1. The summed E-state index contributed by atoms with van der Waals surface area (Å²) in [5, 5.41) is 0. The SMILES string of the molecule is O=S1(=O)N=CN(C2CC2)c2c(F)cc(F)c(F)c21. The van der Waals surface area contributed by atoms with Gasteiger partial charge < -0.3 is 4.90 Å². The summed E-state index contributed by atoms with van der Waals surface area (Å²) in [5.41, 5.74) is -0.452. The molecule has 0 amide bonds. The van der Waals surface area contributed by atoms with E-state index in [-0.39, 0.29) is 6.04 Å². The molecule has 0 aromatic heterocycles. The van der Waals surface area contributed by atoms with Gasteiger partial charge in [0.2, 0.25) is 0 Å². The second-order valence-corrected chi connectivity index (χ2v) is 5.74. The van der Waals surface area contributed by atoms with Crippen LogP contribution < -0.4 is 4.90 Å². The van der Waals surface area contributed by atoms with Crippen LogP contribution in [0.3, 0.4) is 0 Å². The fourth-order valence-electron chi connectivity index (χ4n) is 1.89. The molecule has 3 rings (SSSR count). The topological polar surface area (TPSA) is 49.7 Å². The van der Waals surface area contributed by atoms with Gasteiger partial charge in [-0.15, -0.1) is 4.40 Å². The van der Waals surface area contributed by atoms with E-state index in [2.05, 4.69) is 4.40 Å². The molecule has 8 heteroatoms. The summed E-state index contributed by atoms with van der Waals surface area (Å²) in [5.74, 6) is -4.23. The van der Waals surface area contributed by atoms with Crippen molar-refractivity contribution >= 4 is 22.0 Å².